The van der Waals surface area contributed by atoms with Crippen molar-refractivity contribution in [3.63, 3.8) is 0 Å². The molecule has 4 heteroatoms. The molecule has 0 heterocycles. The quantitative estimate of drug-likeness (QED) is 0.616. The largest absolute Gasteiger partial charge is 0.466 e. The van der Waals surface area contributed by atoms with Gasteiger partial charge in [-0.05, 0) is 59.2 Å². The van der Waals surface area contributed by atoms with E-state index in [-0.39, 0.29) is 5.57 Å². The van der Waals surface area contributed by atoms with Crippen LogP contribution >= 0.6 is 0 Å². The summed E-state index contributed by atoms with van der Waals surface area (Å²) < 4.78 is 9.57. The number of rotatable bonds is 4. The van der Waals surface area contributed by atoms with Gasteiger partial charge in [0.05, 0.1) is 19.8 Å². The smallest absolute Gasteiger partial charge is 0.338 e. The summed E-state index contributed by atoms with van der Waals surface area (Å²) in [5.74, 6) is -0.765. The zero-order chi connectivity index (χ0) is 18.7. The molecule has 0 amide bonds. The summed E-state index contributed by atoms with van der Waals surface area (Å²) in [5.41, 5.74) is 6.21. The van der Waals surface area contributed by atoms with E-state index < -0.39 is 11.9 Å². The molecule has 0 spiro atoms. The second-order valence-corrected chi connectivity index (χ2v) is 6.42. The summed E-state index contributed by atoms with van der Waals surface area (Å²) >= 11 is 0. The van der Waals surface area contributed by atoms with Crippen LogP contribution in [0.5, 0.6) is 0 Å². The van der Waals surface area contributed by atoms with Gasteiger partial charge >= 0.3 is 11.9 Å². The normalized spacial score (nSPS) is 11.7. The molecule has 0 aromatic rings. The molecule has 0 bridgehead atoms. The third kappa shape index (κ3) is 3.73. The van der Waals surface area contributed by atoms with Gasteiger partial charge < -0.3 is 9.47 Å². The van der Waals surface area contributed by atoms with Crippen molar-refractivity contribution >= 4 is 17.5 Å². The van der Waals surface area contributed by atoms with Crippen LogP contribution in [0.2, 0.25) is 0 Å². The number of hydrogen-bond acceptors (Lipinski definition) is 4. The average molecular weight is 340 g/mol. The molecule has 0 fully saturated rings. The first-order chi connectivity index (χ1) is 11.8. The van der Waals surface area contributed by atoms with Crippen molar-refractivity contribution in [2.75, 3.05) is 14.2 Å². The van der Waals surface area contributed by atoms with E-state index >= 15 is 0 Å². The fourth-order valence-electron chi connectivity index (χ4n) is 2.94. The molecular weight excluding hydrogens is 316 g/mol. The zero-order valence-electron chi connectivity index (χ0n) is 15.6. The number of ether oxygens (including phenoxy) is 2. The third-order valence-electron chi connectivity index (χ3n) is 4.38. The van der Waals surface area contributed by atoms with Crippen LogP contribution in [0.3, 0.4) is 0 Å². The summed E-state index contributed by atoms with van der Waals surface area (Å²) in [4.78, 5) is 24.0. The van der Waals surface area contributed by atoms with Crippen molar-refractivity contribution in [2.24, 2.45) is 0 Å². The third-order valence-corrected chi connectivity index (χ3v) is 4.38. The minimum Gasteiger partial charge on any atom is -0.466 e. The van der Waals surface area contributed by atoms with Gasteiger partial charge in [0, 0.05) is 6.08 Å². The van der Waals surface area contributed by atoms with Gasteiger partial charge in [0.25, 0.3) is 0 Å². The number of methoxy groups -OCH3 is 2. The standard InChI is InChI=1S/C21H24O4/c1-12(2)15-8-7-13(3)20-16(10-15)14(4)9-17(20)18(21(23)25-6)11-19(22)24-5/h7-12H,1-6H3/b18-11-. The Labute approximate surface area is 148 Å². The average Bonchev–Trinajstić information content (AvgIpc) is 2.79. The van der Waals surface area contributed by atoms with Crippen LogP contribution in [0, 0.1) is 13.8 Å². The first-order valence-corrected chi connectivity index (χ1v) is 8.22. The van der Waals surface area contributed by atoms with Crippen LogP contribution in [0.4, 0.5) is 0 Å². The Morgan fingerprint density at radius 2 is 1.68 bits per heavy atom. The zero-order valence-corrected chi connectivity index (χ0v) is 15.6. The lowest BCUT2D eigenvalue weighted by Gasteiger charge is -2.08. The number of aryl methyl sites for hydroxylation is 2. The Balaban J connectivity index is 2.77. The van der Waals surface area contributed by atoms with Gasteiger partial charge in [-0.1, -0.05) is 32.0 Å². The van der Waals surface area contributed by atoms with Crippen molar-refractivity contribution < 1.29 is 19.1 Å². The van der Waals surface area contributed by atoms with Crippen LogP contribution in [-0.2, 0) is 19.1 Å². The molecule has 25 heavy (non-hydrogen) atoms. The van der Waals surface area contributed by atoms with Crippen LogP contribution in [0.1, 0.15) is 42.0 Å². The number of carbonyl (C=O) groups excluding carboxylic acids is 2. The summed E-state index contributed by atoms with van der Waals surface area (Å²) in [6.45, 7) is 8.30. The lowest BCUT2D eigenvalue weighted by molar-refractivity contribution is -0.136. The van der Waals surface area contributed by atoms with E-state index in [0.717, 1.165) is 22.3 Å². The van der Waals surface area contributed by atoms with Gasteiger partial charge in [0.2, 0.25) is 0 Å². The fraction of sp³-hybridized carbons (Fsp3) is 0.333. The van der Waals surface area contributed by atoms with E-state index in [2.05, 4.69) is 26.0 Å². The fourth-order valence-corrected chi connectivity index (χ4v) is 2.94. The van der Waals surface area contributed by atoms with Gasteiger partial charge in [-0.15, -0.1) is 0 Å². The van der Waals surface area contributed by atoms with E-state index in [1.165, 1.54) is 25.9 Å². The second kappa shape index (κ2) is 7.51. The maximum Gasteiger partial charge on any atom is 0.338 e. The molecule has 2 rings (SSSR count). The first kappa shape index (κ1) is 18.7. The predicted molar refractivity (Wildman–Crippen MR) is 98.6 cm³/mol. The van der Waals surface area contributed by atoms with Crippen LogP contribution < -0.4 is 0 Å². The highest BCUT2D eigenvalue weighted by atomic mass is 16.5. The molecule has 2 aliphatic carbocycles. The lowest BCUT2D eigenvalue weighted by atomic mass is 9.97. The van der Waals surface area contributed by atoms with Crippen molar-refractivity contribution in [3.05, 3.63) is 52.6 Å². The van der Waals surface area contributed by atoms with Crippen LogP contribution in [0.25, 0.3) is 16.7 Å². The van der Waals surface area contributed by atoms with E-state index in [1.54, 1.807) is 0 Å². The van der Waals surface area contributed by atoms with Gasteiger partial charge in [0.1, 0.15) is 0 Å². The molecule has 132 valence electrons. The molecular formula is C21H24O4. The second-order valence-electron chi connectivity index (χ2n) is 6.42. The molecule has 0 saturated carbocycles. The van der Waals surface area contributed by atoms with Crippen molar-refractivity contribution in [1.82, 2.24) is 0 Å². The van der Waals surface area contributed by atoms with Crippen molar-refractivity contribution in [1.29, 1.82) is 0 Å². The Morgan fingerprint density at radius 1 is 1.00 bits per heavy atom. The molecule has 0 atom stereocenters. The Kier molecular flexibility index (Phi) is 5.62. The van der Waals surface area contributed by atoms with E-state index in [0.29, 0.717) is 11.5 Å². The molecule has 2 aliphatic rings. The molecule has 0 saturated heterocycles. The SMILES string of the molecule is COC(=O)/C=C(\C(=O)OC)c1cc(C)c2cc(C(C)C)ccc(C)c1-2. The highest BCUT2D eigenvalue weighted by Gasteiger charge is 2.24. The van der Waals surface area contributed by atoms with Gasteiger partial charge in [-0.2, -0.15) is 0 Å². The maximum absolute atomic E-state index is 12.3. The Hall–Kier alpha value is -2.62. The molecule has 0 N–H and O–H groups in total. The highest BCUT2D eigenvalue weighted by Crippen LogP contribution is 2.39. The molecule has 0 aromatic carbocycles. The number of fused-ring (bicyclic) bond motifs is 1. The topological polar surface area (TPSA) is 52.6 Å². The van der Waals surface area contributed by atoms with Crippen molar-refractivity contribution in [3.8, 4) is 11.1 Å². The van der Waals surface area contributed by atoms with E-state index in [4.69, 9.17) is 9.47 Å². The molecule has 0 radical (unpaired) electrons. The van der Waals surface area contributed by atoms with Gasteiger partial charge in [-0.25, -0.2) is 9.59 Å². The maximum atomic E-state index is 12.3. The van der Waals surface area contributed by atoms with Crippen LogP contribution in [-0.4, -0.2) is 26.2 Å². The highest BCUT2D eigenvalue weighted by molar-refractivity contribution is 6.22. The predicted octanol–water partition coefficient (Wildman–Crippen LogP) is 4.26. The molecule has 0 aromatic heterocycles. The van der Waals surface area contributed by atoms with E-state index in [1.807, 2.05) is 26.0 Å². The van der Waals surface area contributed by atoms with E-state index in [9.17, 15) is 9.59 Å². The van der Waals surface area contributed by atoms with Gasteiger partial charge in [0.15, 0.2) is 0 Å². The minimum atomic E-state index is -0.590. The molecule has 0 aliphatic heterocycles. The monoisotopic (exact) mass is 340 g/mol. The summed E-state index contributed by atoms with van der Waals surface area (Å²) in [6.07, 6.45) is 1.19. The first-order valence-electron chi connectivity index (χ1n) is 8.22. The summed E-state index contributed by atoms with van der Waals surface area (Å²) in [5, 5.41) is 0. The van der Waals surface area contributed by atoms with Crippen LogP contribution in [0.15, 0.2) is 30.3 Å². The summed E-state index contributed by atoms with van der Waals surface area (Å²) in [7, 11) is 2.58. The van der Waals surface area contributed by atoms with Gasteiger partial charge in [-0.3, -0.25) is 0 Å². The number of carbonyl (C=O) groups is 2. The number of hydrogen-bond donors (Lipinski definition) is 0. The lowest BCUT2D eigenvalue weighted by Crippen LogP contribution is -2.07. The Bertz CT molecular complexity index is 815. The summed E-state index contributed by atoms with van der Waals surface area (Å²) in [6, 6.07) is 8.23. The minimum absolute atomic E-state index is 0.202. The number of esters is 2. The molecule has 0 unspecified atom stereocenters. The Morgan fingerprint density at radius 3 is 2.24 bits per heavy atom. The molecule has 4 nitrogen and oxygen atoms in total. The van der Waals surface area contributed by atoms with Crippen molar-refractivity contribution in [2.45, 2.75) is 33.6 Å².